The number of methoxy groups -OCH3 is 1. The van der Waals surface area contributed by atoms with Crippen molar-refractivity contribution in [3.8, 4) is 0 Å². The summed E-state index contributed by atoms with van der Waals surface area (Å²) in [6.07, 6.45) is 2.48. The molecule has 0 N–H and O–H groups in total. The van der Waals surface area contributed by atoms with Crippen molar-refractivity contribution >= 4 is 11.7 Å². The van der Waals surface area contributed by atoms with Gasteiger partial charge in [-0.05, 0) is 12.1 Å². The Morgan fingerprint density at radius 2 is 1.67 bits per heavy atom. The molecule has 0 saturated heterocycles. The van der Waals surface area contributed by atoms with Gasteiger partial charge in [0, 0.05) is 5.56 Å². The van der Waals surface area contributed by atoms with Crippen LogP contribution in [0, 0.1) is 5.21 Å². The van der Waals surface area contributed by atoms with E-state index < -0.39 is 10.6 Å². The van der Waals surface area contributed by atoms with Gasteiger partial charge in [-0.25, -0.2) is 4.79 Å². The molecule has 4 nitrogen and oxygen atoms in total. The van der Waals surface area contributed by atoms with Gasteiger partial charge >= 0.3 is 5.97 Å². The van der Waals surface area contributed by atoms with Crippen LogP contribution in [0.5, 0.6) is 0 Å². The minimum Gasteiger partial charge on any atom is -0.622 e. The largest absolute Gasteiger partial charge is 0.622 e. The van der Waals surface area contributed by atoms with E-state index in [1.165, 1.54) is 19.4 Å². The SMILES string of the molecule is COC(=O)/C=C/[N+]([O-])(Cc1ccccc1)c1ccccc1. The quantitative estimate of drug-likeness (QED) is 0.366. The molecule has 1 unspecified atom stereocenters. The van der Waals surface area contributed by atoms with Gasteiger partial charge in [0.1, 0.15) is 18.4 Å². The lowest BCUT2D eigenvalue weighted by Gasteiger charge is -2.38. The highest BCUT2D eigenvalue weighted by molar-refractivity contribution is 5.82. The first-order valence-corrected chi connectivity index (χ1v) is 6.59. The van der Waals surface area contributed by atoms with Crippen LogP contribution in [-0.4, -0.2) is 13.1 Å². The van der Waals surface area contributed by atoms with E-state index in [1.54, 1.807) is 24.3 Å². The van der Waals surface area contributed by atoms with Crippen molar-refractivity contribution in [1.29, 1.82) is 0 Å². The minimum atomic E-state index is -0.750. The number of hydrogen-bond donors (Lipinski definition) is 0. The summed E-state index contributed by atoms with van der Waals surface area (Å²) in [6.45, 7) is 0.207. The van der Waals surface area contributed by atoms with Crippen LogP contribution >= 0.6 is 0 Å². The van der Waals surface area contributed by atoms with Crippen molar-refractivity contribution in [1.82, 2.24) is 4.65 Å². The zero-order chi connectivity index (χ0) is 15.1. The third-order valence-corrected chi connectivity index (χ3v) is 3.11. The summed E-state index contributed by atoms with van der Waals surface area (Å²) in [4.78, 5) is 11.3. The standard InChI is InChI=1S/C17H17NO3/c1-21-17(19)12-13-18(20,16-10-6-3-7-11-16)14-15-8-4-2-5-9-15/h2-13H,14H2,1H3/b13-12+. The van der Waals surface area contributed by atoms with Crippen molar-refractivity contribution in [3.05, 3.63) is 83.7 Å². The van der Waals surface area contributed by atoms with Crippen LogP contribution in [0.1, 0.15) is 5.56 Å². The molecule has 1 atom stereocenters. The zero-order valence-electron chi connectivity index (χ0n) is 11.8. The first-order chi connectivity index (χ1) is 10.1. The molecule has 0 heterocycles. The van der Waals surface area contributed by atoms with Gasteiger partial charge in [-0.3, -0.25) is 4.65 Å². The molecule has 0 radical (unpaired) electrons. The molecule has 2 aromatic rings. The summed E-state index contributed by atoms with van der Waals surface area (Å²) in [6, 6.07) is 18.4. The van der Waals surface area contributed by atoms with Gasteiger partial charge in [0.05, 0.1) is 13.2 Å². The summed E-state index contributed by atoms with van der Waals surface area (Å²) in [5.41, 5.74) is 1.45. The number of nitrogens with zero attached hydrogens (tertiary/aromatic N) is 1. The molecule has 4 heteroatoms. The van der Waals surface area contributed by atoms with Crippen LogP contribution in [0.2, 0.25) is 0 Å². The number of carbonyl (C=O) groups excluding carboxylic acids is 1. The molecule has 2 rings (SSSR count). The second-order valence-corrected chi connectivity index (χ2v) is 4.61. The normalized spacial score (nSPS) is 13.8. The molecule has 0 bridgehead atoms. The number of para-hydroxylation sites is 1. The minimum absolute atomic E-state index is 0.207. The fourth-order valence-corrected chi connectivity index (χ4v) is 2.01. The summed E-state index contributed by atoms with van der Waals surface area (Å²) < 4.78 is 3.81. The van der Waals surface area contributed by atoms with Gasteiger partial charge in [0.15, 0.2) is 0 Å². The molecule has 21 heavy (non-hydrogen) atoms. The Labute approximate surface area is 124 Å². The molecule has 0 fully saturated rings. The zero-order valence-corrected chi connectivity index (χ0v) is 11.8. The van der Waals surface area contributed by atoms with Crippen molar-refractivity contribution < 1.29 is 9.53 Å². The van der Waals surface area contributed by atoms with E-state index in [0.717, 1.165) is 5.56 Å². The highest BCUT2D eigenvalue weighted by Crippen LogP contribution is 2.25. The Hall–Kier alpha value is -2.43. The lowest BCUT2D eigenvalue weighted by Crippen LogP contribution is -2.36. The van der Waals surface area contributed by atoms with E-state index in [0.29, 0.717) is 5.69 Å². The third kappa shape index (κ3) is 4.02. The first-order valence-electron chi connectivity index (χ1n) is 6.59. The maximum atomic E-state index is 13.1. The smallest absolute Gasteiger partial charge is 0.335 e. The summed E-state index contributed by atoms with van der Waals surface area (Å²) in [7, 11) is 1.28. The van der Waals surface area contributed by atoms with E-state index >= 15 is 0 Å². The van der Waals surface area contributed by atoms with Gasteiger partial charge in [-0.1, -0.05) is 48.5 Å². The summed E-state index contributed by atoms with van der Waals surface area (Å²) >= 11 is 0. The topological polar surface area (TPSA) is 49.4 Å². The Morgan fingerprint density at radius 1 is 1.10 bits per heavy atom. The van der Waals surface area contributed by atoms with Crippen LogP contribution in [0.4, 0.5) is 5.69 Å². The fourth-order valence-electron chi connectivity index (χ4n) is 2.01. The molecule has 0 spiro atoms. The maximum Gasteiger partial charge on any atom is 0.335 e. The number of hydrogen-bond acceptors (Lipinski definition) is 3. The molecule has 0 aliphatic rings. The van der Waals surface area contributed by atoms with E-state index in [2.05, 4.69) is 4.74 Å². The van der Waals surface area contributed by atoms with Crippen LogP contribution in [0.15, 0.2) is 72.9 Å². The highest BCUT2D eigenvalue weighted by atomic mass is 16.5. The number of esters is 1. The number of quaternary nitrogens is 1. The average Bonchev–Trinajstić information content (AvgIpc) is 2.54. The van der Waals surface area contributed by atoms with Gasteiger partial charge in [-0.2, -0.15) is 0 Å². The van der Waals surface area contributed by atoms with E-state index in [9.17, 15) is 10.0 Å². The molecule has 0 aliphatic carbocycles. The van der Waals surface area contributed by atoms with Crippen LogP contribution in [-0.2, 0) is 16.1 Å². The first kappa shape index (κ1) is 15.0. The predicted molar refractivity (Wildman–Crippen MR) is 82.9 cm³/mol. The second kappa shape index (κ2) is 6.83. The van der Waals surface area contributed by atoms with E-state index in [1.807, 2.05) is 36.4 Å². The number of carbonyl (C=O) groups is 1. The van der Waals surface area contributed by atoms with Crippen LogP contribution in [0.25, 0.3) is 0 Å². The molecule has 0 amide bonds. The lowest BCUT2D eigenvalue weighted by atomic mass is 10.2. The molecule has 2 aromatic carbocycles. The molecule has 108 valence electrons. The number of benzene rings is 2. The highest BCUT2D eigenvalue weighted by Gasteiger charge is 2.18. The van der Waals surface area contributed by atoms with Gasteiger partial charge in [0.25, 0.3) is 0 Å². The molecular weight excluding hydrogens is 266 g/mol. The average molecular weight is 283 g/mol. The van der Waals surface area contributed by atoms with Crippen molar-refractivity contribution in [2.75, 3.05) is 7.11 Å². The Balaban J connectivity index is 2.34. The maximum absolute atomic E-state index is 13.1. The molecule has 0 aliphatic heterocycles. The molecule has 0 saturated carbocycles. The van der Waals surface area contributed by atoms with E-state index in [4.69, 9.17) is 0 Å². The van der Waals surface area contributed by atoms with Gasteiger partial charge < -0.3 is 9.94 Å². The third-order valence-electron chi connectivity index (χ3n) is 3.11. The Kier molecular flexibility index (Phi) is 4.87. The fraction of sp³-hybridized carbons (Fsp3) is 0.118. The molecular formula is C17H17NO3. The van der Waals surface area contributed by atoms with Crippen molar-refractivity contribution in [3.63, 3.8) is 0 Å². The lowest BCUT2D eigenvalue weighted by molar-refractivity contribution is -0.134. The number of rotatable bonds is 5. The van der Waals surface area contributed by atoms with E-state index in [-0.39, 0.29) is 6.54 Å². The monoisotopic (exact) mass is 283 g/mol. The van der Waals surface area contributed by atoms with Crippen molar-refractivity contribution in [2.45, 2.75) is 6.54 Å². The number of ether oxygens (including phenoxy) is 1. The summed E-state index contributed by atoms with van der Waals surface area (Å²) in [5, 5.41) is 13.1. The van der Waals surface area contributed by atoms with Crippen molar-refractivity contribution in [2.24, 2.45) is 0 Å². The van der Waals surface area contributed by atoms with Gasteiger partial charge in [0.2, 0.25) is 0 Å². The predicted octanol–water partition coefficient (Wildman–Crippen LogP) is 3.38. The number of hydroxylamine groups is 2. The summed E-state index contributed by atoms with van der Waals surface area (Å²) in [5.74, 6) is -0.544. The Bertz CT molecular complexity index is 610. The second-order valence-electron chi connectivity index (χ2n) is 4.61. The Morgan fingerprint density at radius 3 is 2.24 bits per heavy atom. The molecule has 0 aromatic heterocycles. The van der Waals surface area contributed by atoms with Crippen LogP contribution in [0.3, 0.4) is 0 Å². The van der Waals surface area contributed by atoms with Crippen LogP contribution < -0.4 is 4.65 Å². The van der Waals surface area contributed by atoms with Gasteiger partial charge in [-0.15, -0.1) is 0 Å².